The van der Waals surface area contributed by atoms with Gasteiger partial charge >= 0.3 is 0 Å². The van der Waals surface area contributed by atoms with Gasteiger partial charge in [-0.25, -0.2) is 0 Å². The molecule has 0 N–H and O–H groups in total. The van der Waals surface area contributed by atoms with Crippen molar-refractivity contribution in [2.45, 2.75) is 27.7 Å². The summed E-state index contributed by atoms with van der Waals surface area (Å²) in [5, 5.41) is 8.61. The zero-order valence-electron chi connectivity index (χ0n) is 7.43. The molecule has 0 aromatic heterocycles. The maximum atomic E-state index is 10.9. The molecule has 0 radical (unpaired) electrons. The molecule has 0 amide bonds. The zero-order valence-corrected chi connectivity index (χ0v) is 7.43. The molecule has 60 valence electrons. The first-order valence-electron chi connectivity index (χ1n) is 3.54. The second-order valence-electron chi connectivity index (χ2n) is 2.86. The van der Waals surface area contributed by atoms with Crippen molar-refractivity contribution in [3.8, 4) is 6.07 Å². The van der Waals surface area contributed by atoms with Crippen LogP contribution in [0.3, 0.4) is 0 Å². The monoisotopic (exact) mass is 151 g/mol. The molecule has 0 spiro atoms. The average Bonchev–Trinajstić information content (AvgIpc) is 1.88. The van der Waals surface area contributed by atoms with E-state index in [0.717, 1.165) is 11.1 Å². The number of ketones is 1. The number of nitriles is 1. The minimum atomic E-state index is -0.542. The van der Waals surface area contributed by atoms with Crippen LogP contribution in [-0.4, -0.2) is 5.78 Å². The molecule has 0 aliphatic carbocycles. The fourth-order valence-corrected chi connectivity index (χ4v) is 0.781. The maximum absolute atomic E-state index is 10.9. The van der Waals surface area contributed by atoms with E-state index in [9.17, 15) is 4.79 Å². The first-order valence-corrected chi connectivity index (χ1v) is 3.54. The van der Waals surface area contributed by atoms with Crippen molar-refractivity contribution in [3.05, 3.63) is 11.1 Å². The Balaban J connectivity index is 4.71. The first kappa shape index (κ1) is 9.90. The minimum Gasteiger partial charge on any atom is -0.298 e. The lowest BCUT2D eigenvalue weighted by Crippen LogP contribution is -2.10. The molecule has 2 heteroatoms. The Morgan fingerprint density at radius 2 is 1.73 bits per heavy atom. The highest BCUT2D eigenvalue weighted by Gasteiger charge is 2.15. The lowest BCUT2D eigenvalue weighted by Gasteiger charge is -2.06. The number of allylic oxidation sites excluding steroid dienone is 2. The smallest absolute Gasteiger partial charge is 0.151 e. The van der Waals surface area contributed by atoms with E-state index in [1.807, 2.05) is 26.8 Å². The van der Waals surface area contributed by atoms with E-state index >= 15 is 0 Å². The van der Waals surface area contributed by atoms with Crippen molar-refractivity contribution in [3.63, 3.8) is 0 Å². The number of hydrogen-bond donors (Lipinski definition) is 0. The molecule has 1 atom stereocenters. The van der Waals surface area contributed by atoms with Crippen LogP contribution >= 0.6 is 0 Å². The molecule has 0 fully saturated rings. The standard InChI is InChI=1S/C9H13NO/c1-6(2)7(3)9(5-10)8(4)11/h9H,1-4H3. The number of nitrogens with zero attached hydrogens (tertiary/aromatic N) is 1. The van der Waals surface area contributed by atoms with E-state index in [2.05, 4.69) is 0 Å². The fraction of sp³-hybridized carbons (Fsp3) is 0.556. The Bertz CT molecular complexity index is 228. The summed E-state index contributed by atoms with van der Waals surface area (Å²) in [6, 6.07) is 1.98. The summed E-state index contributed by atoms with van der Waals surface area (Å²) in [6.45, 7) is 7.08. The van der Waals surface area contributed by atoms with Gasteiger partial charge in [0, 0.05) is 0 Å². The lowest BCUT2D eigenvalue weighted by molar-refractivity contribution is -0.118. The summed E-state index contributed by atoms with van der Waals surface area (Å²) in [7, 11) is 0. The Kier molecular flexibility index (Phi) is 3.53. The predicted molar refractivity (Wildman–Crippen MR) is 43.8 cm³/mol. The molecule has 0 saturated carbocycles. The third kappa shape index (κ3) is 2.55. The van der Waals surface area contributed by atoms with E-state index < -0.39 is 5.92 Å². The minimum absolute atomic E-state index is 0.0776. The molecule has 1 unspecified atom stereocenters. The van der Waals surface area contributed by atoms with Crippen molar-refractivity contribution >= 4 is 5.78 Å². The predicted octanol–water partition coefficient (Wildman–Crippen LogP) is 2.07. The molecule has 0 aromatic carbocycles. The summed E-state index contributed by atoms with van der Waals surface area (Å²) in [5.41, 5.74) is 1.92. The van der Waals surface area contributed by atoms with Crippen LogP contribution in [-0.2, 0) is 4.79 Å². The zero-order chi connectivity index (χ0) is 9.02. The largest absolute Gasteiger partial charge is 0.298 e. The van der Waals surface area contributed by atoms with Crippen LogP contribution in [0.1, 0.15) is 27.7 Å². The number of carbonyl (C=O) groups is 1. The van der Waals surface area contributed by atoms with Gasteiger partial charge in [0.25, 0.3) is 0 Å². The van der Waals surface area contributed by atoms with Gasteiger partial charge < -0.3 is 0 Å². The topological polar surface area (TPSA) is 40.9 Å². The average molecular weight is 151 g/mol. The van der Waals surface area contributed by atoms with Gasteiger partial charge in [-0.15, -0.1) is 0 Å². The quantitative estimate of drug-likeness (QED) is 0.567. The second-order valence-corrected chi connectivity index (χ2v) is 2.86. The number of rotatable bonds is 2. The summed E-state index contributed by atoms with van der Waals surface area (Å²) in [6.07, 6.45) is 0. The Labute approximate surface area is 67.5 Å². The van der Waals surface area contributed by atoms with Gasteiger partial charge in [-0.3, -0.25) is 4.79 Å². The summed E-state index contributed by atoms with van der Waals surface area (Å²) in [5.74, 6) is -0.619. The maximum Gasteiger partial charge on any atom is 0.151 e. The molecule has 0 aliphatic rings. The highest BCUT2D eigenvalue weighted by Crippen LogP contribution is 2.14. The van der Waals surface area contributed by atoms with Crippen LogP contribution in [0.4, 0.5) is 0 Å². The highest BCUT2D eigenvalue weighted by molar-refractivity contribution is 5.83. The molecule has 2 nitrogen and oxygen atoms in total. The van der Waals surface area contributed by atoms with Crippen LogP contribution in [0.15, 0.2) is 11.1 Å². The Morgan fingerprint density at radius 1 is 1.27 bits per heavy atom. The van der Waals surface area contributed by atoms with Crippen molar-refractivity contribution in [1.29, 1.82) is 5.26 Å². The molecule has 0 bridgehead atoms. The van der Waals surface area contributed by atoms with Crippen molar-refractivity contribution in [2.24, 2.45) is 5.92 Å². The van der Waals surface area contributed by atoms with Crippen molar-refractivity contribution in [1.82, 2.24) is 0 Å². The molecule has 0 rings (SSSR count). The van der Waals surface area contributed by atoms with Crippen molar-refractivity contribution < 1.29 is 4.79 Å². The third-order valence-corrected chi connectivity index (χ3v) is 1.76. The molecular weight excluding hydrogens is 138 g/mol. The number of hydrogen-bond acceptors (Lipinski definition) is 2. The van der Waals surface area contributed by atoms with E-state index in [1.165, 1.54) is 6.92 Å². The summed E-state index contributed by atoms with van der Waals surface area (Å²) < 4.78 is 0. The van der Waals surface area contributed by atoms with Crippen LogP contribution in [0, 0.1) is 17.2 Å². The van der Waals surface area contributed by atoms with Gasteiger partial charge in [-0.2, -0.15) is 5.26 Å². The summed E-state index contributed by atoms with van der Waals surface area (Å²) in [4.78, 5) is 10.9. The van der Waals surface area contributed by atoms with E-state index in [-0.39, 0.29) is 5.78 Å². The first-order chi connectivity index (χ1) is 5.00. The molecule has 0 aliphatic heterocycles. The van der Waals surface area contributed by atoms with Crippen molar-refractivity contribution in [2.75, 3.05) is 0 Å². The number of Topliss-reactive ketones (excluding diaryl/α,β-unsaturated/α-hetero) is 1. The van der Waals surface area contributed by atoms with Crippen LogP contribution in [0.2, 0.25) is 0 Å². The molecule has 0 aromatic rings. The van der Waals surface area contributed by atoms with Crippen LogP contribution < -0.4 is 0 Å². The van der Waals surface area contributed by atoms with Gasteiger partial charge in [0.05, 0.1) is 6.07 Å². The van der Waals surface area contributed by atoms with E-state index in [1.54, 1.807) is 0 Å². The normalized spacial score (nSPS) is 11.5. The molecule has 11 heavy (non-hydrogen) atoms. The summed E-state index contributed by atoms with van der Waals surface area (Å²) >= 11 is 0. The number of carbonyl (C=O) groups excluding carboxylic acids is 1. The van der Waals surface area contributed by atoms with Gasteiger partial charge in [0.1, 0.15) is 5.92 Å². The van der Waals surface area contributed by atoms with Crippen LogP contribution in [0.25, 0.3) is 0 Å². The lowest BCUT2D eigenvalue weighted by atomic mass is 9.95. The van der Waals surface area contributed by atoms with Crippen LogP contribution in [0.5, 0.6) is 0 Å². The Hall–Kier alpha value is -1.10. The molecule has 0 heterocycles. The van der Waals surface area contributed by atoms with Gasteiger partial charge in [0.2, 0.25) is 0 Å². The van der Waals surface area contributed by atoms with E-state index in [4.69, 9.17) is 5.26 Å². The fourth-order valence-electron chi connectivity index (χ4n) is 0.781. The third-order valence-electron chi connectivity index (χ3n) is 1.76. The molecular formula is C9H13NO. The second kappa shape index (κ2) is 3.92. The Morgan fingerprint density at radius 3 is 1.82 bits per heavy atom. The van der Waals surface area contributed by atoms with Gasteiger partial charge in [-0.05, 0) is 27.7 Å². The highest BCUT2D eigenvalue weighted by atomic mass is 16.1. The SMILES string of the molecule is CC(=O)C(C#N)C(C)=C(C)C. The molecule has 0 saturated heterocycles. The van der Waals surface area contributed by atoms with Gasteiger partial charge in [-0.1, -0.05) is 11.1 Å². The van der Waals surface area contributed by atoms with E-state index in [0.29, 0.717) is 0 Å². The van der Waals surface area contributed by atoms with Gasteiger partial charge in [0.15, 0.2) is 5.78 Å².